The summed E-state index contributed by atoms with van der Waals surface area (Å²) < 4.78 is 25.8. The molecule has 0 bridgehead atoms. The van der Waals surface area contributed by atoms with Crippen molar-refractivity contribution >= 4 is 21.6 Å². The van der Waals surface area contributed by atoms with E-state index in [2.05, 4.69) is 17.1 Å². The zero-order valence-electron chi connectivity index (χ0n) is 18.2. The maximum Gasteiger partial charge on any atom is 0.232 e. The van der Waals surface area contributed by atoms with E-state index in [9.17, 15) is 13.2 Å². The second-order valence-corrected chi connectivity index (χ2v) is 9.93. The zero-order chi connectivity index (χ0) is 21.3. The summed E-state index contributed by atoms with van der Waals surface area (Å²) in [4.78, 5) is 14.7. The number of hydrogen-bond donors (Lipinski definition) is 1. The lowest BCUT2D eigenvalue weighted by molar-refractivity contribution is -0.121. The normalized spacial score (nSPS) is 17.8. The summed E-state index contributed by atoms with van der Waals surface area (Å²) in [7, 11) is -3.38. The van der Waals surface area contributed by atoms with Crippen LogP contribution in [0.15, 0.2) is 24.3 Å². The molecule has 0 aliphatic carbocycles. The average Bonchev–Trinajstić information content (AvgIpc) is 2.69. The molecule has 2 rings (SSSR count). The van der Waals surface area contributed by atoms with Crippen LogP contribution in [0.3, 0.4) is 0 Å². The molecular formula is C22H37N3O3S. The van der Waals surface area contributed by atoms with Gasteiger partial charge in [-0.25, -0.2) is 8.42 Å². The first-order valence-electron chi connectivity index (χ1n) is 10.9. The molecule has 1 aromatic rings. The van der Waals surface area contributed by atoms with E-state index in [1.165, 1.54) is 42.8 Å². The van der Waals surface area contributed by atoms with Crippen LogP contribution in [-0.4, -0.2) is 57.7 Å². The number of aryl methyl sites for hydroxylation is 1. The van der Waals surface area contributed by atoms with E-state index < -0.39 is 10.0 Å². The Morgan fingerprint density at radius 2 is 2.00 bits per heavy atom. The van der Waals surface area contributed by atoms with Crippen molar-refractivity contribution in [2.24, 2.45) is 0 Å². The Balaban J connectivity index is 1.72. The minimum Gasteiger partial charge on any atom is -0.356 e. The number of anilines is 1. The standard InChI is InChI=1S/C22H37N3O3S/c1-4-20-12-7-8-16-24(20)17-10-15-23-22(26)14-9-18-25(29(3,27)28)21-13-6-5-11-19(21)2/h5-6,11,13,20H,4,7-10,12,14-18H2,1-3H3,(H,23,26)/t20-/m1/s1. The molecule has 0 aromatic heterocycles. The van der Waals surface area contributed by atoms with E-state index in [1.807, 2.05) is 25.1 Å². The van der Waals surface area contributed by atoms with E-state index >= 15 is 0 Å². The number of rotatable bonds is 11. The molecule has 29 heavy (non-hydrogen) atoms. The van der Waals surface area contributed by atoms with Crippen LogP contribution < -0.4 is 9.62 Å². The SMILES string of the molecule is CC[C@@H]1CCCCN1CCCNC(=O)CCCN(c1ccccc1C)S(C)(=O)=O. The van der Waals surface area contributed by atoms with Gasteiger partial charge >= 0.3 is 0 Å². The number of carbonyl (C=O) groups excluding carboxylic acids is 1. The number of hydrogen-bond acceptors (Lipinski definition) is 4. The monoisotopic (exact) mass is 423 g/mol. The predicted octanol–water partition coefficient (Wildman–Crippen LogP) is 3.31. The van der Waals surface area contributed by atoms with Crippen molar-refractivity contribution in [2.45, 2.75) is 64.8 Å². The summed E-state index contributed by atoms with van der Waals surface area (Å²) in [6.07, 6.45) is 8.10. The van der Waals surface area contributed by atoms with Crippen LogP contribution in [0.5, 0.6) is 0 Å². The van der Waals surface area contributed by atoms with Gasteiger partial charge in [-0.05, 0) is 57.2 Å². The van der Waals surface area contributed by atoms with Gasteiger partial charge < -0.3 is 10.2 Å². The molecule has 1 heterocycles. The molecule has 1 fully saturated rings. The molecule has 6 nitrogen and oxygen atoms in total. The third-order valence-corrected chi connectivity index (χ3v) is 6.89. The number of para-hydroxylation sites is 1. The second-order valence-electron chi connectivity index (χ2n) is 8.02. The lowest BCUT2D eigenvalue weighted by atomic mass is 10.00. The first-order chi connectivity index (χ1) is 13.8. The first-order valence-corrected chi connectivity index (χ1v) is 12.7. The van der Waals surface area contributed by atoms with Gasteiger partial charge in [0.1, 0.15) is 0 Å². The molecular weight excluding hydrogens is 386 g/mol. The van der Waals surface area contributed by atoms with E-state index in [4.69, 9.17) is 0 Å². The Labute approximate surface area is 176 Å². The van der Waals surface area contributed by atoms with Crippen LogP contribution in [0.1, 0.15) is 57.4 Å². The first kappa shape index (κ1) is 23.7. The van der Waals surface area contributed by atoms with Crippen LogP contribution in [0, 0.1) is 6.92 Å². The predicted molar refractivity (Wildman–Crippen MR) is 120 cm³/mol. The highest BCUT2D eigenvalue weighted by Gasteiger charge is 2.20. The Morgan fingerprint density at radius 1 is 1.24 bits per heavy atom. The van der Waals surface area contributed by atoms with E-state index in [0.29, 0.717) is 37.7 Å². The highest BCUT2D eigenvalue weighted by Crippen LogP contribution is 2.22. The van der Waals surface area contributed by atoms with Crippen molar-refractivity contribution in [1.82, 2.24) is 10.2 Å². The quantitative estimate of drug-likeness (QED) is 0.555. The molecule has 0 spiro atoms. The fraction of sp³-hybridized carbons (Fsp3) is 0.682. The molecule has 1 N–H and O–H groups in total. The molecule has 1 aromatic carbocycles. The highest BCUT2D eigenvalue weighted by molar-refractivity contribution is 7.92. The largest absolute Gasteiger partial charge is 0.356 e. The lowest BCUT2D eigenvalue weighted by Crippen LogP contribution is -2.40. The molecule has 1 aliphatic heterocycles. The van der Waals surface area contributed by atoms with Crippen LogP contribution in [-0.2, 0) is 14.8 Å². The van der Waals surface area contributed by atoms with Crippen molar-refractivity contribution in [3.05, 3.63) is 29.8 Å². The zero-order valence-corrected chi connectivity index (χ0v) is 19.0. The van der Waals surface area contributed by atoms with Gasteiger partial charge in [0.25, 0.3) is 0 Å². The molecule has 164 valence electrons. The molecule has 1 amide bonds. The molecule has 0 unspecified atom stereocenters. The summed E-state index contributed by atoms with van der Waals surface area (Å²) in [5, 5.41) is 2.99. The van der Waals surface area contributed by atoms with Gasteiger partial charge in [-0.15, -0.1) is 0 Å². The topological polar surface area (TPSA) is 69.7 Å². The maximum atomic E-state index is 12.2. The van der Waals surface area contributed by atoms with Gasteiger partial charge in [0.2, 0.25) is 15.9 Å². The number of likely N-dealkylation sites (tertiary alicyclic amines) is 1. The summed E-state index contributed by atoms with van der Waals surface area (Å²) >= 11 is 0. The Kier molecular flexibility index (Phi) is 9.43. The molecule has 7 heteroatoms. The number of benzene rings is 1. The third-order valence-electron chi connectivity index (χ3n) is 5.71. The molecule has 1 saturated heterocycles. The summed E-state index contributed by atoms with van der Waals surface area (Å²) in [6, 6.07) is 8.12. The van der Waals surface area contributed by atoms with E-state index in [-0.39, 0.29) is 5.91 Å². The van der Waals surface area contributed by atoms with Crippen molar-refractivity contribution in [3.8, 4) is 0 Å². The van der Waals surface area contributed by atoms with Gasteiger partial charge in [-0.2, -0.15) is 0 Å². The average molecular weight is 424 g/mol. The van der Waals surface area contributed by atoms with E-state index in [0.717, 1.165) is 18.5 Å². The van der Waals surface area contributed by atoms with Gasteiger partial charge in [0.15, 0.2) is 0 Å². The fourth-order valence-electron chi connectivity index (χ4n) is 4.11. The minimum absolute atomic E-state index is 0.00563. The number of piperidine rings is 1. The third kappa shape index (κ3) is 7.63. The van der Waals surface area contributed by atoms with Crippen LogP contribution in [0.4, 0.5) is 5.69 Å². The van der Waals surface area contributed by atoms with Crippen molar-refractivity contribution in [3.63, 3.8) is 0 Å². The fourth-order valence-corrected chi connectivity index (χ4v) is 5.13. The molecule has 0 saturated carbocycles. The maximum absolute atomic E-state index is 12.2. The summed E-state index contributed by atoms with van der Waals surface area (Å²) in [6.45, 7) is 7.34. The van der Waals surface area contributed by atoms with Gasteiger partial charge in [-0.3, -0.25) is 9.10 Å². The number of sulfonamides is 1. The Morgan fingerprint density at radius 3 is 2.69 bits per heavy atom. The van der Waals surface area contributed by atoms with Crippen molar-refractivity contribution in [1.29, 1.82) is 0 Å². The smallest absolute Gasteiger partial charge is 0.232 e. The molecule has 0 radical (unpaired) electrons. The van der Waals surface area contributed by atoms with Crippen LogP contribution in [0.25, 0.3) is 0 Å². The van der Waals surface area contributed by atoms with Crippen LogP contribution in [0.2, 0.25) is 0 Å². The Bertz CT molecular complexity index is 751. The van der Waals surface area contributed by atoms with Crippen molar-refractivity contribution < 1.29 is 13.2 Å². The number of amides is 1. The number of carbonyl (C=O) groups is 1. The highest BCUT2D eigenvalue weighted by atomic mass is 32.2. The van der Waals surface area contributed by atoms with Crippen LogP contribution >= 0.6 is 0 Å². The summed E-state index contributed by atoms with van der Waals surface area (Å²) in [5.41, 5.74) is 1.59. The second kappa shape index (κ2) is 11.6. The lowest BCUT2D eigenvalue weighted by Gasteiger charge is -2.35. The summed E-state index contributed by atoms with van der Waals surface area (Å²) in [5.74, 6) is -0.00563. The number of nitrogens with one attached hydrogen (secondary N) is 1. The van der Waals surface area contributed by atoms with Crippen molar-refractivity contribution in [2.75, 3.05) is 36.7 Å². The van der Waals surface area contributed by atoms with Gasteiger partial charge in [0.05, 0.1) is 11.9 Å². The van der Waals surface area contributed by atoms with Gasteiger partial charge in [0, 0.05) is 32.1 Å². The van der Waals surface area contributed by atoms with E-state index in [1.54, 1.807) is 6.07 Å². The minimum atomic E-state index is -3.38. The Hall–Kier alpha value is -1.60. The molecule has 1 aliphatic rings. The molecule has 1 atom stereocenters. The van der Waals surface area contributed by atoms with Gasteiger partial charge in [-0.1, -0.05) is 31.5 Å². The number of nitrogens with zero attached hydrogens (tertiary/aromatic N) is 2.